The molecule has 2 atom stereocenters. The molecule has 0 radical (unpaired) electrons. The highest BCUT2D eigenvalue weighted by molar-refractivity contribution is 4.77. The van der Waals surface area contributed by atoms with Crippen molar-refractivity contribution in [1.29, 1.82) is 0 Å². The lowest BCUT2D eigenvalue weighted by Crippen LogP contribution is -2.22. The first-order valence-corrected chi connectivity index (χ1v) is 5.22. The van der Waals surface area contributed by atoms with Gasteiger partial charge in [0.05, 0.1) is 18.3 Å². The van der Waals surface area contributed by atoms with Crippen LogP contribution in [-0.4, -0.2) is 25.4 Å². The minimum atomic E-state index is 0.0458. The molecule has 1 fully saturated rings. The molecule has 1 saturated heterocycles. The van der Waals surface area contributed by atoms with Crippen molar-refractivity contribution in [2.45, 2.75) is 51.7 Å². The standard InChI is InChI=1S/C11H22O2/c1-9(10-8-13-10)6-5-7-11(2,3)12-4/h9-10H,5-8H2,1-4H3/t9-,10-/m0/s1. The first kappa shape index (κ1) is 11.0. The van der Waals surface area contributed by atoms with Gasteiger partial charge in [-0.15, -0.1) is 0 Å². The van der Waals surface area contributed by atoms with Crippen molar-refractivity contribution < 1.29 is 9.47 Å². The molecule has 0 amide bonds. The van der Waals surface area contributed by atoms with Gasteiger partial charge in [-0.05, 0) is 32.6 Å². The smallest absolute Gasteiger partial charge is 0.0835 e. The van der Waals surface area contributed by atoms with Crippen LogP contribution in [-0.2, 0) is 9.47 Å². The van der Waals surface area contributed by atoms with Crippen LogP contribution in [0.3, 0.4) is 0 Å². The van der Waals surface area contributed by atoms with Crippen molar-refractivity contribution in [1.82, 2.24) is 0 Å². The fraction of sp³-hybridized carbons (Fsp3) is 1.00. The predicted molar refractivity (Wildman–Crippen MR) is 53.8 cm³/mol. The summed E-state index contributed by atoms with van der Waals surface area (Å²) in [7, 11) is 1.79. The highest BCUT2D eigenvalue weighted by atomic mass is 16.6. The Labute approximate surface area is 81.6 Å². The van der Waals surface area contributed by atoms with E-state index in [1.165, 1.54) is 12.8 Å². The van der Waals surface area contributed by atoms with Crippen LogP contribution in [0.15, 0.2) is 0 Å². The zero-order valence-electron chi connectivity index (χ0n) is 9.30. The molecular formula is C11H22O2. The van der Waals surface area contributed by atoms with Crippen LogP contribution < -0.4 is 0 Å². The van der Waals surface area contributed by atoms with Crippen LogP contribution >= 0.6 is 0 Å². The molecule has 0 aliphatic carbocycles. The van der Waals surface area contributed by atoms with E-state index in [1.807, 2.05) is 0 Å². The topological polar surface area (TPSA) is 21.8 Å². The average molecular weight is 186 g/mol. The second-order valence-corrected chi connectivity index (χ2v) is 4.71. The van der Waals surface area contributed by atoms with Crippen molar-refractivity contribution in [3.63, 3.8) is 0 Å². The lowest BCUT2D eigenvalue weighted by Gasteiger charge is -2.23. The van der Waals surface area contributed by atoms with E-state index in [0.29, 0.717) is 6.10 Å². The minimum Gasteiger partial charge on any atom is -0.379 e. The molecule has 13 heavy (non-hydrogen) atoms. The van der Waals surface area contributed by atoms with Crippen LogP contribution in [0.1, 0.15) is 40.0 Å². The molecule has 1 heterocycles. The Morgan fingerprint density at radius 3 is 2.62 bits per heavy atom. The van der Waals surface area contributed by atoms with Gasteiger partial charge in [-0.3, -0.25) is 0 Å². The summed E-state index contributed by atoms with van der Waals surface area (Å²) in [6.45, 7) is 7.54. The minimum absolute atomic E-state index is 0.0458. The predicted octanol–water partition coefficient (Wildman–Crippen LogP) is 2.62. The van der Waals surface area contributed by atoms with E-state index < -0.39 is 0 Å². The first-order valence-electron chi connectivity index (χ1n) is 5.22. The monoisotopic (exact) mass is 186 g/mol. The van der Waals surface area contributed by atoms with E-state index >= 15 is 0 Å². The number of methoxy groups -OCH3 is 1. The third-order valence-electron chi connectivity index (χ3n) is 2.98. The second kappa shape index (κ2) is 4.43. The summed E-state index contributed by atoms with van der Waals surface area (Å²) in [4.78, 5) is 0. The van der Waals surface area contributed by atoms with Gasteiger partial charge in [-0.1, -0.05) is 13.3 Å². The first-order chi connectivity index (χ1) is 6.05. The van der Waals surface area contributed by atoms with E-state index in [1.54, 1.807) is 7.11 Å². The van der Waals surface area contributed by atoms with Crippen LogP contribution in [0.4, 0.5) is 0 Å². The van der Waals surface area contributed by atoms with Crippen LogP contribution in [0.5, 0.6) is 0 Å². The summed E-state index contributed by atoms with van der Waals surface area (Å²) in [5.74, 6) is 0.729. The highest BCUT2D eigenvalue weighted by Gasteiger charge is 2.29. The molecule has 0 N–H and O–H groups in total. The molecule has 0 aromatic carbocycles. The molecule has 78 valence electrons. The van der Waals surface area contributed by atoms with Crippen molar-refractivity contribution >= 4 is 0 Å². The van der Waals surface area contributed by atoms with E-state index in [0.717, 1.165) is 18.9 Å². The van der Waals surface area contributed by atoms with Crippen molar-refractivity contribution in [2.24, 2.45) is 5.92 Å². The molecule has 0 aromatic rings. The molecular weight excluding hydrogens is 164 g/mol. The number of hydrogen-bond donors (Lipinski definition) is 0. The van der Waals surface area contributed by atoms with E-state index in [-0.39, 0.29) is 5.60 Å². The van der Waals surface area contributed by atoms with Gasteiger partial charge in [0.2, 0.25) is 0 Å². The summed E-state index contributed by atoms with van der Waals surface area (Å²) in [5, 5.41) is 0. The van der Waals surface area contributed by atoms with E-state index in [4.69, 9.17) is 9.47 Å². The Hall–Kier alpha value is -0.0800. The average Bonchev–Trinajstić information content (AvgIpc) is 2.86. The molecule has 1 rings (SSSR count). The molecule has 1 aliphatic rings. The van der Waals surface area contributed by atoms with Gasteiger partial charge in [0.15, 0.2) is 0 Å². The van der Waals surface area contributed by atoms with Gasteiger partial charge in [0.25, 0.3) is 0 Å². The molecule has 0 unspecified atom stereocenters. The lowest BCUT2D eigenvalue weighted by molar-refractivity contribution is 0.0125. The maximum atomic E-state index is 5.36. The fourth-order valence-electron chi connectivity index (χ4n) is 1.52. The normalized spacial score (nSPS) is 24.5. The summed E-state index contributed by atoms with van der Waals surface area (Å²) in [6.07, 6.45) is 4.20. The summed E-state index contributed by atoms with van der Waals surface area (Å²) >= 11 is 0. The molecule has 0 spiro atoms. The van der Waals surface area contributed by atoms with Gasteiger partial charge < -0.3 is 9.47 Å². The molecule has 0 bridgehead atoms. The molecule has 1 aliphatic heterocycles. The van der Waals surface area contributed by atoms with Crippen molar-refractivity contribution in [3.05, 3.63) is 0 Å². The Balaban J connectivity index is 2.05. The third kappa shape index (κ3) is 4.10. The molecule has 0 aromatic heterocycles. The van der Waals surface area contributed by atoms with E-state index in [9.17, 15) is 0 Å². The maximum Gasteiger partial charge on any atom is 0.0835 e. The quantitative estimate of drug-likeness (QED) is 0.595. The lowest BCUT2D eigenvalue weighted by atomic mass is 9.95. The molecule has 2 heteroatoms. The fourth-order valence-corrected chi connectivity index (χ4v) is 1.52. The second-order valence-electron chi connectivity index (χ2n) is 4.71. The molecule has 2 nitrogen and oxygen atoms in total. The Bertz CT molecular complexity index is 150. The van der Waals surface area contributed by atoms with Crippen LogP contribution in [0.2, 0.25) is 0 Å². The SMILES string of the molecule is COC(C)(C)CCC[C@H](C)[C@@H]1CO1. The molecule has 0 saturated carbocycles. The van der Waals surface area contributed by atoms with E-state index in [2.05, 4.69) is 20.8 Å². The van der Waals surface area contributed by atoms with Gasteiger partial charge in [-0.2, -0.15) is 0 Å². The van der Waals surface area contributed by atoms with Crippen molar-refractivity contribution in [2.75, 3.05) is 13.7 Å². The van der Waals surface area contributed by atoms with Crippen LogP contribution in [0.25, 0.3) is 0 Å². The highest BCUT2D eigenvalue weighted by Crippen LogP contribution is 2.26. The number of rotatable bonds is 6. The van der Waals surface area contributed by atoms with Gasteiger partial charge in [-0.25, -0.2) is 0 Å². The number of epoxide rings is 1. The largest absolute Gasteiger partial charge is 0.379 e. The maximum absolute atomic E-state index is 5.36. The number of ether oxygens (including phenoxy) is 2. The number of hydrogen-bond acceptors (Lipinski definition) is 2. The van der Waals surface area contributed by atoms with Gasteiger partial charge >= 0.3 is 0 Å². The summed E-state index contributed by atoms with van der Waals surface area (Å²) < 4.78 is 10.6. The Morgan fingerprint density at radius 2 is 2.15 bits per heavy atom. The van der Waals surface area contributed by atoms with Crippen LogP contribution in [0, 0.1) is 5.92 Å². The third-order valence-corrected chi connectivity index (χ3v) is 2.98. The summed E-state index contributed by atoms with van der Waals surface area (Å²) in [5.41, 5.74) is 0.0458. The summed E-state index contributed by atoms with van der Waals surface area (Å²) in [6, 6.07) is 0. The Morgan fingerprint density at radius 1 is 1.54 bits per heavy atom. The van der Waals surface area contributed by atoms with Gasteiger partial charge in [0.1, 0.15) is 0 Å². The zero-order valence-corrected chi connectivity index (χ0v) is 9.30. The zero-order chi connectivity index (χ0) is 9.90. The Kier molecular flexibility index (Phi) is 3.74. The van der Waals surface area contributed by atoms with Gasteiger partial charge in [0, 0.05) is 7.11 Å². The van der Waals surface area contributed by atoms with Crippen molar-refractivity contribution in [3.8, 4) is 0 Å².